The molecular weight excluding hydrogens is 407 g/mol. The van der Waals surface area contributed by atoms with E-state index in [2.05, 4.69) is 5.10 Å². The van der Waals surface area contributed by atoms with E-state index >= 15 is 0 Å². The van der Waals surface area contributed by atoms with Crippen molar-refractivity contribution in [2.24, 2.45) is 7.05 Å². The van der Waals surface area contributed by atoms with E-state index in [0.717, 1.165) is 24.5 Å². The van der Waals surface area contributed by atoms with Gasteiger partial charge in [-0.15, -0.1) is 0 Å². The standard InChI is InChI=1S/C23H20F3N3O2/c1-28-22(15-10-18(25)19(26)11-17(15)24)16-9-13-6-7-20(21(16)27-28)29(13)23(30)12-4-3-5-14(8-12)31-2/h3-5,8,10-11,13,20H,6-7,9H2,1-2H3. The van der Waals surface area contributed by atoms with E-state index in [1.807, 2.05) is 4.90 Å². The number of hydrogen-bond acceptors (Lipinski definition) is 3. The Kier molecular flexibility index (Phi) is 4.53. The molecule has 1 saturated heterocycles. The lowest BCUT2D eigenvalue weighted by Gasteiger charge is -2.34. The van der Waals surface area contributed by atoms with Crippen LogP contribution in [-0.4, -0.2) is 33.7 Å². The highest BCUT2D eigenvalue weighted by Gasteiger charge is 2.46. The van der Waals surface area contributed by atoms with Crippen molar-refractivity contribution in [2.75, 3.05) is 7.11 Å². The number of amides is 1. The fraction of sp³-hybridized carbons (Fsp3) is 0.304. The third kappa shape index (κ3) is 3.00. The summed E-state index contributed by atoms with van der Waals surface area (Å²) in [6, 6.07) is 8.11. The molecule has 3 aromatic rings. The first kappa shape index (κ1) is 19.7. The SMILES string of the molecule is COc1cccc(C(=O)N2C3CCC2c2nn(C)c(-c4cc(F)c(F)cc4F)c2C3)c1. The Balaban J connectivity index is 1.56. The van der Waals surface area contributed by atoms with E-state index in [1.54, 1.807) is 38.4 Å². The van der Waals surface area contributed by atoms with E-state index in [-0.39, 0.29) is 23.6 Å². The second kappa shape index (κ2) is 7.14. The summed E-state index contributed by atoms with van der Waals surface area (Å²) in [5.74, 6) is -2.69. The van der Waals surface area contributed by atoms with Gasteiger partial charge in [-0.3, -0.25) is 9.48 Å². The number of nitrogens with zero attached hydrogens (tertiary/aromatic N) is 3. The number of carbonyl (C=O) groups is 1. The minimum Gasteiger partial charge on any atom is -0.497 e. The highest BCUT2D eigenvalue weighted by molar-refractivity contribution is 5.95. The molecule has 2 aliphatic rings. The van der Waals surface area contributed by atoms with Crippen LogP contribution >= 0.6 is 0 Å². The molecule has 8 heteroatoms. The highest BCUT2D eigenvalue weighted by atomic mass is 19.2. The Hall–Kier alpha value is -3.29. The number of ether oxygens (including phenoxy) is 1. The molecule has 2 aromatic carbocycles. The maximum absolute atomic E-state index is 14.5. The van der Waals surface area contributed by atoms with Gasteiger partial charge in [-0.1, -0.05) is 6.07 Å². The van der Waals surface area contributed by atoms with Gasteiger partial charge in [0.15, 0.2) is 11.6 Å². The number of hydrogen-bond donors (Lipinski definition) is 0. The summed E-state index contributed by atoms with van der Waals surface area (Å²) in [7, 11) is 3.20. The average Bonchev–Trinajstić information content (AvgIpc) is 3.26. The number of methoxy groups -OCH3 is 1. The first-order valence-corrected chi connectivity index (χ1v) is 10.1. The first-order chi connectivity index (χ1) is 14.9. The summed E-state index contributed by atoms with van der Waals surface area (Å²) in [6.07, 6.45) is 2.01. The molecule has 0 spiro atoms. The van der Waals surface area contributed by atoms with Gasteiger partial charge in [0, 0.05) is 35.8 Å². The van der Waals surface area contributed by atoms with Gasteiger partial charge in [0.05, 0.1) is 24.5 Å². The first-order valence-electron chi connectivity index (χ1n) is 10.1. The fourth-order valence-corrected chi connectivity index (χ4v) is 4.90. The van der Waals surface area contributed by atoms with Gasteiger partial charge in [-0.2, -0.15) is 5.10 Å². The van der Waals surface area contributed by atoms with Gasteiger partial charge >= 0.3 is 0 Å². The molecule has 0 aliphatic carbocycles. The van der Waals surface area contributed by atoms with Gasteiger partial charge in [0.2, 0.25) is 0 Å². The molecule has 2 bridgehead atoms. The Bertz CT molecular complexity index is 1210. The summed E-state index contributed by atoms with van der Waals surface area (Å²) < 4.78 is 48.6. The molecule has 1 fully saturated rings. The van der Waals surface area contributed by atoms with E-state index in [0.29, 0.717) is 35.2 Å². The van der Waals surface area contributed by atoms with Crippen molar-refractivity contribution in [1.82, 2.24) is 14.7 Å². The predicted octanol–water partition coefficient (Wildman–Crippen LogP) is 4.42. The summed E-state index contributed by atoms with van der Waals surface area (Å²) in [5, 5.41) is 4.57. The van der Waals surface area contributed by atoms with Crippen LogP contribution in [0.3, 0.4) is 0 Å². The lowest BCUT2D eigenvalue weighted by Crippen LogP contribution is -2.41. The van der Waals surface area contributed by atoms with Crippen molar-refractivity contribution in [3.63, 3.8) is 0 Å². The number of aryl methyl sites for hydroxylation is 1. The largest absolute Gasteiger partial charge is 0.497 e. The third-order valence-corrected chi connectivity index (χ3v) is 6.25. The molecule has 31 heavy (non-hydrogen) atoms. The van der Waals surface area contributed by atoms with Crippen molar-refractivity contribution in [3.8, 4) is 17.0 Å². The number of halogens is 3. The lowest BCUT2D eigenvalue weighted by molar-refractivity contribution is 0.0642. The van der Waals surface area contributed by atoms with Crippen molar-refractivity contribution in [2.45, 2.75) is 31.3 Å². The second-order valence-electron chi connectivity index (χ2n) is 7.98. The third-order valence-electron chi connectivity index (χ3n) is 6.25. The fourth-order valence-electron chi connectivity index (χ4n) is 4.90. The molecular formula is C23H20F3N3O2. The molecule has 2 unspecified atom stereocenters. The molecule has 1 amide bonds. The van der Waals surface area contributed by atoms with E-state index in [9.17, 15) is 18.0 Å². The van der Waals surface area contributed by atoms with Crippen LogP contribution in [0.15, 0.2) is 36.4 Å². The van der Waals surface area contributed by atoms with Crippen LogP contribution in [0.25, 0.3) is 11.3 Å². The minimum atomic E-state index is -1.23. The predicted molar refractivity (Wildman–Crippen MR) is 107 cm³/mol. The van der Waals surface area contributed by atoms with E-state index in [1.165, 1.54) is 4.68 Å². The maximum Gasteiger partial charge on any atom is 0.254 e. The summed E-state index contributed by atoms with van der Waals surface area (Å²) in [5.41, 5.74) is 2.41. The number of rotatable bonds is 3. The molecule has 3 heterocycles. The van der Waals surface area contributed by atoms with Crippen LogP contribution in [0.5, 0.6) is 5.75 Å². The number of carbonyl (C=O) groups excluding carboxylic acids is 1. The Morgan fingerprint density at radius 3 is 2.65 bits per heavy atom. The van der Waals surface area contributed by atoms with Crippen LogP contribution in [0, 0.1) is 17.5 Å². The zero-order chi connectivity index (χ0) is 21.9. The Labute approximate surface area is 177 Å². The van der Waals surface area contributed by atoms with Crippen LogP contribution in [-0.2, 0) is 13.5 Å². The van der Waals surface area contributed by atoms with Crippen molar-refractivity contribution in [3.05, 3.63) is 70.7 Å². The minimum absolute atomic E-state index is 0.0258. The zero-order valence-electron chi connectivity index (χ0n) is 17.0. The molecule has 0 radical (unpaired) electrons. The van der Waals surface area contributed by atoms with Gasteiger partial charge in [-0.25, -0.2) is 13.2 Å². The van der Waals surface area contributed by atoms with Crippen LogP contribution in [0.2, 0.25) is 0 Å². The summed E-state index contributed by atoms with van der Waals surface area (Å²) in [6.45, 7) is 0. The van der Waals surface area contributed by atoms with Gasteiger partial charge in [0.25, 0.3) is 5.91 Å². The van der Waals surface area contributed by atoms with Crippen LogP contribution in [0.1, 0.15) is 40.5 Å². The number of aromatic nitrogens is 2. The summed E-state index contributed by atoms with van der Waals surface area (Å²) in [4.78, 5) is 15.2. The zero-order valence-corrected chi connectivity index (χ0v) is 17.0. The summed E-state index contributed by atoms with van der Waals surface area (Å²) >= 11 is 0. The smallest absolute Gasteiger partial charge is 0.254 e. The van der Waals surface area contributed by atoms with Gasteiger partial charge in [-0.05, 0) is 43.5 Å². The van der Waals surface area contributed by atoms with Crippen LogP contribution < -0.4 is 4.74 Å². The average molecular weight is 427 g/mol. The molecule has 0 saturated carbocycles. The van der Waals surface area contributed by atoms with E-state index in [4.69, 9.17) is 4.74 Å². The normalized spacial score (nSPS) is 19.5. The highest BCUT2D eigenvalue weighted by Crippen LogP contribution is 2.47. The Morgan fingerprint density at radius 2 is 1.87 bits per heavy atom. The molecule has 5 nitrogen and oxygen atoms in total. The lowest BCUT2D eigenvalue weighted by atomic mass is 9.94. The van der Waals surface area contributed by atoms with Crippen molar-refractivity contribution >= 4 is 5.91 Å². The molecule has 1 aromatic heterocycles. The van der Waals surface area contributed by atoms with Gasteiger partial charge in [0.1, 0.15) is 11.6 Å². The molecule has 2 atom stereocenters. The quantitative estimate of drug-likeness (QED) is 0.582. The second-order valence-corrected chi connectivity index (χ2v) is 7.98. The number of fused-ring (bicyclic) bond motifs is 4. The number of benzene rings is 2. The molecule has 160 valence electrons. The monoisotopic (exact) mass is 427 g/mol. The van der Waals surface area contributed by atoms with Crippen molar-refractivity contribution < 1.29 is 22.7 Å². The molecule has 0 N–H and O–H groups in total. The van der Waals surface area contributed by atoms with Crippen molar-refractivity contribution in [1.29, 1.82) is 0 Å². The topological polar surface area (TPSA) is 47.4 Å². The van der Waals surface area contributed by atoms with E-state index < -0.39 is 17.5 Å². The maximum atomic E-state index is 14.5. The van der Waals surface area contributed by atoms with Gasteiger partial charge < -0.3 is 9.64 Å². The Morgan fingerprint density at radius 1 is 1.10 bits per heavy atom. The van der Waals surface area contributed by atoms with Crippen LogP contribution in [0.4, 0.5) is 13.2 Å². The molecule has 5 rings (SSSR count). The molecule has 2 aliphatic heterocycles.